The lowest BCUT2D eigenvalue weighted by Gasteiger charge is -2.07. The van der Waals surface area contributed by atoms with Crippen LogP contribution in [0.25, 0.3) is 0 Å². The van der Waals surface area contributed by atoms with Crippen LogP contribution < -0.4 is 5.32 Å². The fourth-order valence-electron chi connectivity index (χ4n) is 1.14. The van der Waals surface area contributed by atoms with Crippen LogP contribution >= 0.6 is 0 Å². The molecule has 0 bridgehead atoms. The van der Waals surface area contributed by atoms with Gasteiger partial charge in [-0.05, 0) is 19.3 Å². The second kappa shape index (κ2) is 4.80. The number of rotatable bonds is 5. The maximum atomic E-state index is 11.4. The average Bonchev–Trinajstić information content (AvgIpc) is 2.96. The average molecular weight is 193 g/mol. The molecule has 0 radical (unpaired) electrons. The number of terminal acetylenes is 1. The van der Waals surface area contributed by atoms with Crippen LogP contribution in [0, 0.1) is 18.3 Å². The van der Waals surface area contributed by atoms with Crippen molar-refractivity contribution >= 4 is 11.7 Å². The van der Waals surface area contributed by atoms with E-state index in [0.29, 0.717) is 12.8 Å². The molecule has 0 spiro atoms. The number of carbonyl (C=O) groups excluding carboxylic acids is 2. The van der Waals surface area contributed by atoms with Gasteiger partial charge in [0.15, 0.2) is 0 Å². The first kappa shape index (κ1) is 10.8. The lowest BCUT2D eigenvalue weighted by atomic mass is 10.0. The third-order valence-corrected chi connectivity index (χ3v) is 2.31. The van der Waals surface area contributed by atoms with Crippen LogP contribution in [-0.2, 0) is 9.59 Å². The Balaban J connectivity index is 2.30. The smallest absolute Gasteiger partial charge is 0.287 e. The second-order valence-electron chi connectivity index (χ2n) is 3.76. The Morgan fingerprint density at radius 2 is 2.21 bits per heavy atom. The molecule has 1 aliphatic rings. The summed E-state index contributed by atoms with van der Waals surface area (Å²) in [7, 11) is 0. The van der Waals surface area contributed by atoms with Gasteiger partial charge in [-0.15, -0.1) is 12.3 Å². The Morgan fingerprint density at radius 3 is 2.71 bits per heavy atom. The highest BCUT2D eigenvalue weighted by atomic mass is 16.2. The number of hydrogen-bond acceptors (Lipinski definition) is 2. The van der Waals surface area contributed by atoms with E-state index in [4.69, 9.17) is 6.42 Å². The standard InChI is InChI=1S/C11H15NO2/c1-3-4-5-8(2)10(13)11(14)12-9-6-7-9/h1,8-9H,4-7H2,2H3,(H,12,14). The Morgan fingerprint density at radius 1 is 1.57 bits per heavy atom. The molecule has 76 valence electrons. The van der Waals surface area contributed by atoms with E-state index in [0.717, 1.165) is 12.8 Å². The molecule has 1 fully saturated rings. The molecule has 3 heteroatoms. The zero-order valence-corrected chi connectivity index (χ0v) is 8.38. The molecular formula is C11H15NO2. The first-order chi connectivity index (χ1) is 6.65. The Bertz CT molecular complexity index is 274. The third kappa shape index (κ3) is 3.21. The van der Waals surface area contributed by atoms with E-state index in [-0.39, 0.29) is 17.7 Å². The van der Waals surface area contributed by atoms with Crippen LogP contribution in [0.15, 0.2) is 0 Å². The van der Waals surface area contributed by atoms with Crippen LogP contribution in [0.1, 0.15) is 32.6 Å². The summed E-state index contributed by atoms with van der Waals surface area (Å²) in [5.74, 6) is 1.41. The van der Waals surface area contributed by atoms with Crippen LogP contribution in [0.4, 0.5) is 0 Å². The number of amides is 1. The normalized spacial score (nSPS) is 16.9. The molecule has 1 saturated carbocycles. The fraction of sp³-hybridized carbons (Fsp3) is 0.636. The van der Waals surface area contributed by atoms with Gasteiger partial charge in [0, 0.05) is 18.4 Å². The zero-order valence-electron chi connectivity index (χ0n) is 8.38. The van der Waals surface area contributed by atoms with Crippen LogP contribution in [-0.4, -0.2) is 17.7 Å². The third-order valence-electron chi connectivity index (χ3n) is 2.31. The summed E-state index contributed by atoms with van der Waals surface area (Å²) >= 11 is 0. The number of nitrogens with one attached hydrogen (secondary N) is 1. The van der Waals surface area contributed by atoms with E-state index in [1.165, 1.54) is 0 Å². The quantitative estimate of drug-likeness (QED) is 0.520. The molecule has 14 heavy (non-hydrogen) atoms. The molecule has 1 rings (SSSR count). The van der Waals surface area contributed by atoms with Crippen molar-refractivity contribution < 1.29 is 9.59 Å². The summed E-state index contributed by atoms with van der Waals surface area (Å²) in [6, 6.07) is 0.242. The minimum atomic E-state index is -0.447. The summed E-state index contributed by atoms with van der Waals surface area (Å²) in [6.07, 6.45) is 8.21. The summed E-state index contributed by atoms with van der Waals surface area (Å²) < 4.78 is 0. The van der Waals surface area contributed by atoms with Gasteiger partial charge < -0.3 is 5.32 Å². The Labute approximate surface area is 84.3 Å². The lowest BCUT2D eigenvalue weighted by Crippen LogP contribution is -2.35. The summed E-state index contributed by atoms with van der Waals surface area (Å²) in [4.78, 5) is 22.7. The predicted molar refractivity (Wildman–Crippen MR) is 53.4 cm³/mol. The van der Waals surface area contributed by atoms with E-state index in [1.54, 1.807) is 6.92 Å². The van der Waals surface area contributed by atoms with Gasteiger partial charge in [-0.3, -0.25) is 9.59 Å². The molecule has 0 aliphatic heterocycles. The maximum Gasteiger partial charge on any atom is 0.287 e. The molecule has 0 heterocycles. The molecule has 0 aromatic rings. The molecule has 1 aliphatic carbocycles. The van der Waals surface area contributed by atoms with Crippen molar-refractivity contribution in [1.29, 1.82) is 0 Å². The lowest BCUT2D eigenvalue weighted by molar-refractivity contribution is -0.140. The molecule has 0 saturated heterocycles. The van der Waals surface area contributed by atoms with Gasteiger partial charge in [-0.2, -0.15) is 0 Å². The van der Waals surface area contributed by atoms with Crippen molar-refractivity contribution in [3.63, 3.8) is 0 Å². The number of Topliss-reactive ketones (excluding diaryl/α,β-unsaturated/α-hetero) is 1. The highest BCUT2D eigenvalue weighted by molar-refractivity contribution is 6.36. The second-order valence-corrected chi connectivity index (χ2v) is 3.76. The van der Waals surface area contributed by atoms with Crippen LogP contribution in [0.2, 0.25) is 0 Å². The van der Waals surface area contributed by atoms with Gasteiger partial charge in [0.2, 0.25) is 5.78 Å². The van der Waals surface area contributed by atoms with Gasteiger partial charge in [-0.25, -0.2) is 0 Å². The SMILES string of the molecule is C#CCCC(C)C(=O)C(=O)NC1CC1. The Kier molecular flexibility index (Phi) is 3.70. The molecule has 0 aromatic heterocycles. The monoisotopic (exact) mass is 193 g/mol. The predicted octanol–water partition coefficient (Wildman–Crippen LogP) is 0.884. The van der Waals surface area contributed by atoms with Gasteiger partial charge >= 0.3 is 0 Å². The maximum absolute atomic E-state index is 11.4. The van der Waals surface area contributed by atoms with Crippen molar-refractivity contribution in [3.8, 4) is 12.3 Å². The first-order valence-electron chi connectivity index (χ1n) is 4.93. The molecule has 1 N–H and O–H groups in total. The number of carbonyl (C=O) groups is 2. The van der Waals surface area contributed by atoms with Crippen LogP contribution in [0.3, 0.4) is 0 Å². The van der Waals surface area contributed by atoms with E-state index in [1.807, 2.05) is 0 Å². The molecule has 1 unspecified atom stereocenters. The van der Waals surface area contributed by atoms with Gasteiger partial charge in [0.05, 0.1) is 0 Å². The van der Waals surface area contributed by atoms with E-state index in [2.05, 4.69) is 11.2 Å². The van der Waals surface area contributed by atoms with Crippen molar-refractivity contribution in [3.05, 3.63) is 0 Å². The topological polar surface area (TPSA) is 46.2 Å². The van der Waals surface area contributed by atoms with Crippen molar-refractivity contribution in [2.45, 2.75) is 38.6 Å². The largest absolute Gasteiger partial charge is 0.347 e. The summed E-state index contributed by atoms with van der Waals surface area (Å²) in [5, 5.41) is 2.67. The first-order valence-corrected chi connectivity index (χ1v) is 4.93. The minimum absolute atomic E-state index is 0.242. The van der Waals surface area contributed by atoms with Crippen molar-refractivity contribution in [2.24, 2.45) is 5.92 Å². The highest BCUT2D eigenvalue weighted by Crippen LogP contribution is 2.19. The van der Waals surface area contributed by atoms with Crippen molar-refractivity contribution in [1.82, 2.24) is 5.32 Å². The molecule has 3 nitrogen and oxygen atoms in total. The van der Waals surface area contributed by atoms with E-state index < -0.39 is 5.91 Å². The minimum Gasteiger partial charge on any atom is -0.347 e. The van der Waals surface area contributed by atoms with Crippen molar-refractivity contribution in [2.75, 3.05) is 0 Å². The summed E-state index contributed by atoms with van der Waals surface area (Å²) in [5.41, 5.74) is 0. The molecule has 0 aromatic carbocycles. The highest BCUT2D eigenvalue weighted by Gasteiger charge is 2.28. The number of ketones is 1. The van der Waals surface area contributed by atoms with Gasteiger partial charge in [-0.1, -0.05) is 6.92 Å². The molecule has 1 atom stereocenters. The van der Waals surface area contributed by atoms with E-state index >= 15 is 0 Å². The fourth-order valence-corrected chi connectivity index (χ4v) is 1.14. The zero-order chi connectivity index (χ0) is 10.6. The molecular weight excluding hydrogens is 178 g/mol. The van der Waals surface area contributed by atoms with E-state index in [9.17, 15) is 9.59 Å². The van der Waals surface area contributed by atoms with Crippen LogP contribution in [0.5, 0.6) is 0 Å². The Hall–Kier alpha value is -1.30. The van der Waals surface area contributed by atoms with Gasteiger partial charge in [0.25, 0.3) is 5.91 Å². The summed E-state index contributed by atoms with van der Waals surface area (Å²) in [6.45, 7) is 1.74. The molecule has 1 amide bonds. The number of hydrogen-bond donors (Lipinski definition) is 1. The van der Waals surface area contributed by atoms with Gasteiger partial charge in [0.1, 0.15) is 0 Å².